The molecule has 6 aromatic carbocycles. The Balaban J connectivity index is 1.59. The van der Waals surface area contributed by atoms with Crippen molar-refractivity contribution in [2.45, 2.75) is 36.6 Å². The Bertz CT molecular complexity index is 2510. The summed E-state index contributed by atoms with van der Waals surface area (Å²) in [6.45, 7) is 0.00987. The molecule has 1 aliphatic rings. The van der Waals surface area contributed by atoms with E-state index in [1.165, 1.54) is 40.2 Å². The number of methoxy groups -OCH3 is 4. The summed E-state index contributed by atoms with van der Waals surface area (Å²) in [7, 11) is 5.65. The fourth-order valence-corrected chi connectivity index (χ4v) is 7.94. The highest BCUT2D eigenvalue weighted by Crippen LogP contribution is 2.61. The summed E-state index contributed by atoms with van der Waals surface area (Å²) in [4.78, 5) is 29.4. The molecule has 11 nitrogen and oxygen atoms in total. The summed E-state index contributed by atoms with van der Waals surface area (Å²) in [6, 6.07) is 40.0. The van der Waals surface area contributed by atoms with Gasteiger partial charge in [0.25, 0.3) is 0 Å². The Morgan fingerprint density at radius 2 is 1.05 bits per heavy atom. The summed E-state index contributed by atoms with van der Waals surface area (Å²) >= 11 is 1.47. The van der Waals surface area contributed by atoms with Crippen molar-refractivity contribution in [1.82, 2.24) is 0 Å². The van der Waals surface area contributed by atoms with Crippen molar-refractivity contribution in [2.75, 3.05) is 28.4 Å². The zero-order chi connectivity index (χ0) is 42.0. The second-order valence-electron chi connectivity index (χ2n) is 13.3. The van der Waals surface area contributed by atoms with E-state index in [4.69, 9.17) is 37.9 Å². The fraction of sp³-hybridized carbons (Fsp3) is 0.188. The molecular formula is C48H41NO10S. The highest BCUT2D eigenvalue weighted by Gasteiger charge is 2.45. The molecule has 1 unspecified atom stereocenters. The molecule has 0 saturated carbocycles. The quantitative estimate of drug-likeness (QED) is 0.0641. The topological polar surface area (TPSA) is 132 Å². The van der Waals surface area contributed by atoms with Gasteiger partial charge in [-0.1, -0.05) is 109 Å². The molecule has 1 aliphatic heterocycles. The van der Waals surface area contributed by atoms with Crippen molar-refractivity contribution in [3.8, 4) is 51.7 Å². The van der Waals surface area contributed by atoms with E-state index in [0.29, 0.717) is 5.56 Å². The van der Waals surface area contributed by atoms with Gasteiger partial charge in [-0.05, 0) is 28.8 Å². The first-order valence-electron chi connectivity index (χ1n) is 18.9. The third-order valence-corrected chi connectivity index (χ3v) is 10.8. The minimum Gasteiger partial charge on any atom is -0.492 e. The van der Waals surface area contributed by atoms with Gasteiger partial charge in [-0.3, -0.25) is 0 Å². The number of thioether (sulfide) groups is 1. The van der Waals surface area contributed by atoms with Gasteiger partial charge in [0.1, 0.15) is 48.5 Å². The number of fused-ring (bicyclic) bond motifs is 1. The number of cyclic esters (lactones) is 1. The van der Waals surface area contributed by atoms with Gasteiger partial charge in [-0.15, -0.1) is 11.8 Å². The van der Waals surface area contributed by atoms with Crippen LogP contribution >= 0.6 is 11.8 Å². The van der Waals surface area contributed by atoms with Crippen molar-refractivity contribution >= 4 is 23.7 Å². The molecule has 0 aromatic heterocycles. The molecule has 0 aliphatic carbocycles. The Morgan fingerprint density at radius 3 is 1.53 bits per heavy atom. The Kier molecular flexibility index (Phi) is 13.1. The van der Waals surface area contributed by atoms with E-state index in [2.05, 4.69) is 6.07 Å². The molecule has 12 heteroatoms. The third-order valence-electron chi connectivity index (χ3n) is 9.73. The predicted octanol–water partition coefficient (Wildman–Crippen LogP) is 9.93. The molecular weight excluding hydrogens is 783 g/mol. The number of benzene rings is 6. The van der Waals surface area contributed by atoms with Gasteiger partial charge in [0.15, 0.2) is 23.0 Å². The minimum absolute atomic E-state index is 0.00194. The summed E-state index contributed by atoms with van der Waals surface area (Å²) in [6.07, 6.45) is -1.37. The average Bonchev–Trinajstić information content (AvgIpc) is 3.64. The molecule has 304 valence electrons. The van der Waals surface area contributed by atoms with Crippen LogP contribution in [0.4, 0.5) is 0 Å². The Hall–Kier alpha value is -7.10. The van der Waals surface area contributed by atoms with Crippen molar-refractivity contribution in [2.24, 2.45) is 0 Å². The first kappa shape index (κ1) is 41.1. The zero-order valence-electron chi connectivity index (χ0n) is 33.4. The van der Waals surface area contributed by atoms with Crippen LogP contribution in [-0.4, -0.2) is 40.4 Å². The summed E-state index contributed by atoms with van der Waals surface area (Å²) in [5, 5.41) is 10.4. The SMILES string of the molecule is COC(=O)c1c(CSc2ccccc2)c(OC)c(OC)c(-c2c(OC)c(OCc3ccccc3)c3c(c2OCc2ccccc2)C(=O)OC3C#N)c1OCc1ccccc1. The van der Waals surface area contributed by atoms with E-state index in [-0.39, 0.29) is 87.9 Å². The zero-order valence-corrected chi connectivity index (χ0v) is 34.2. The van der Waals surface area contributed by atoms with Gasteiger partial charge in [-0.25, -0.2) is 9.59 Å². The second-order valence-corrected chi connectivity index (χ2v) is 14.4. The number of rotatable bonds is 17. The second kappa shape index (κ2) is 19.1. The summed E-state index contributed by atoms with van der Waals surface area (Å²) in [5.74, 6) is -0.862. The summed E-state index contributed by atoms with van der Waals surface area (Å²) < 4.78 is 49.9. The Labute approximate surface area is 352 Å². The highest BCUT2D eigenvalue weighted by molar-refractivity contribution is 7.98. The van der Waals surface area contributed by atoms with Crippen LogP contribution in [0.2, 0.25) is 0 Å². The number of esters is 2. The van der Waals surface area contributed by atoms with Crippen LogP contribution in [0.1, 0.15) is 54.6 Å². The van der Waals surface area contributed by atoms with Crippen LogP contribution in [0.15, 0.2) is 126 Å². The van der Waals surface area contributed by atoms with Crippen LogP contribution in [0.25, 0.3) is 11.1 Å². The van der Waals surface area contributed by atoms with Crippen molar-refractivity contribution in [3.05, 3.63) is 160 Å². The third kappa shape index (κ3) is 8.39. The number of hydrogen-bond acceptors (Lipinski definition) is 12. The lowest BCUT2D eigenvalue weighted by molar-refractivity contribution is 0.0472. The normalized spacial score (nSPS) is 12.7. The van der Waals surface area contributed by atoms with Gasteiger partial charge in [0.2, 0.25) is 6.10 Å². The largest absolute Gasteiger partial charge is 0.492 e. The predicted molar refractivity (Wildman–Crippen MR) is 225 cm³/mol. The van der Waals surface area contributed by atoms with Gasteiger partial charge in [-0.2, -0.15) is 5.26 Å². The van der Waals surface area contributed by atoms with E-state index < -0.39 is 18.0 Å². The Morgan fingerprint density at radius 1 is 0.600 bits per heavy atom. The number of ether oxygens (including phenoxy) is 8. The molecule has 0 radical (unpaired) electrons. The molecule has 7 rings (SSSR count). The number of hydrogen-bond donors (Lipinski definition) is 0. The number of carbonyl (C=O) groups is 2. The van der Waals surface area contributed by atoms with Crippen LogP contribution < -0.4 is 28.4 Å². The van der Waals surface area contributed by atoms with E-state index in [1.807, 2.05) is 121 Å². The van der Waals surface area contributed by atoms with E-state index >= 15 is 0 Å². The fourth-order valence-electron chi connectivity index (χ4n) is 7.01. The van der Waals surface area contributed by atoms with Crippen LogP contribution in [-0.2, 0) is 35.0 Å². The highest BCUT2D eigenvalue weighted by atomic mass is 32.2. The maximum absolute atomic E-state index is 14.3. The average molecular weight is 824 g/mol. The summed E-state index contributed by atoms with van der Waals surface area (Å²) in [5.41, 5.74) is 3.18. The van der Waals surface area contributed by atoms with Gasteiger partial charge >= 0.3 is 11.9 Å². The number of nitriles is 1. The number of nitrogens with zero attached hydrogens (tertiary/aromatic N) is 1. The lowest BCUT2D eigenvalue weighted by Gasteiger charge is -2.27. The molecule has 0 N–H and O–H groups in total. The molecule has 0 bridgehead atoms. The standard InChI is InChI=1S/C48H41NO10S/c1-52-41-34(29-60-33-23-15-8-16-24-33)36(47(50)55-4)42(56-26-30-17-9-5-10-18-30)38(44(41)53-2)39-43(57-27-31-19-11-6-12-20-31)40-37(35(25-49)59-48(40)51)46(45(39)54-3)58-28-32-21-13-7-14-22-32/h5-24,35H,26-29H2,1-4H3. The lowest BCUT2D eigenvalue weighted by atomic mass is 9.89. The maximum Gasteiger partial charge on any atom is 0.344 e. The molecule has 60 heavy (non-hydrogen) atoms. The minimum atomic E-state index is -1.37. The first-order valence-corrected chi connectivity index (χ1v) is 19.9. The lowest BCUT2D eigenvalue weighted by Crippen LogP contribution is -2.15. The molecule has 0 saturated heterocycles. The van der Waals surface area contributed by atoms with Crippen LogP contribution in [0.5, 0.6) is 34.5 Å². The first-order chi connectivity index (χ1) is 29.4. The van der Waals surface area contributed by atoms with Crippen molar-refractivity contribution < 1.29 is 47.5 Å². The van der Waals surface area contributed by atoms with Gasteiger partial charge in [0, 0.05) is 16.2 Å². The molecule has 1 atom stereocenters. The van der Waals surface area contributed by atoms with Gasteiger partial charge in [0.05, 0.1) is 45.1 Å². The van der Waals surface area contributed by atoms with Crippen LogP contribution in [0.3, 0.4) is 0 Å². The number of carbonyl (C=O) groups excluding carboxylic acids is 2. The monoisotopic (exact) mass is 823 g/mol. The van der Waals surface area contributed by atoms with E-state index in [1.54, 1.807) is 0 Å². The van der Waals surface area contributed by atoms with E-state index in [0.717, 1.165) is 21.6 Å². The smallest absolute Gasteiger partial charge is 0.344 e. The van der Waals surface area contributed by atoms with Crippen molar-refractivity contribution in [3.63, 3.8) is 0 Å². The molecule has 0 amide bonds. The molecule has 0 spiro atoms. The molecule has 1 heterocycles. The van der Waals surface area contributed by atoms with E-state index in [9.17, 15) is 14.9 Å². The van der Waals surface area contributed by atoms with Crippen molar-refractivity contribution in [1.29, 1.82) is 5.26 Å². The molecule has 6 aromatic rings. The molecule has 0 fully saturated rings. The van der Waals surface area contributed by atoms with Crippen LogP contribution in [0, 0.1) is 11.3 Å². The maximum atomic E-state index is 14.3. The van der Waals surface area contributed by atoms with Gasteiger partial charge < -0.3 is 37.9 Å².